The van der Waals surface area contributed by atoms with E-state index in [1.807, 2.05) is 11.9 Å². The highest BCUT2D eigenvalue weighted by Crippen LogP contribution is 2.41. The van der Waals surface area contributed by atoms with Crippen LogP contribution in [-0.4, -0.2) is 77.4 Å². The van der Waals surface area contributed by atoms with Gasteiger partial charge in [0.15, 0.2) is 5.82 Å². The number of rotatable bonds is 7. The maximum Gasteiger partial charge on any atom is 0.319 e. The first-order valence-corrected chi connectivity index (χ1v) is 15.3. The van der Waals surface area contributed by atoms with Crippen molar-refractivity contribution in [2.24, 2.45) is 0 Å². The van der Waals surface area contributed by atoms with Crippen LogP contribution in [-0.2, 0) is 0 Å². The molecule has 4 aromatic rings. The molecule has 3 saturated heterocycles. The third-order valence-corrected chi connectivity index (χ3v) is 9.49. The second-order valence-electron chi connectivity index (χ2n) is 12.4. The van der Waals surface area contributed by atoms with Gasteiger partial charge < -0.3 is 15.0 Å². The SMILES string of the molecule is C#Cc1c(F)ccc2cc(C#N)cc(-c3ncc4c(N(C)C[C@H]5CCCN5)nc(OC[C@@]56CCCN5C[C@H](F)C6)nc4c3F)c12. The summed E-state index contributed by atoms with van der Waals surface area (Å²) in [5.41, 5.74) is -0.218. The lowest BCUT2D eigenvalue weighted by atomic mass is 9.94. The predicted molar refractivity (Wildman–Crippen MR) is 166 cm³/mol. The average molecular weight is 612 g/mol. The number of anilines is 1. The van der Waals surface area contributed by atoms with Gasteiger partial charge in [-0.05, 0) is 62.4 Å². The highest BCUT2D eigenvalue weighted by molar-refractivity contribution is 6.02. The van der Waals surface area contributed by atoms with Crippen molar-refractivity contribution in [1.82, 2.24) is 25.2 Å². The Bertz CT molecular complexity index is 1900. The number of pyridine rings is 1. The zero-order valence-corrected chi connectivity index (χ0v) is 24.9. The Morgan fingerprint density at radius 2 is 2.11 bits per heavy atom. The van der Waals surface area contributed by atoms with Crippen molar-refractivity contribution in [1.29, 1.82) is 5.26 Å². The smallest absolute Gasteiger partial charge is 0.319 e. The quantitative estimate of drug-likeness (QED) is 0.288. The van der Waals surface area contributed by atoms with Crippen LogP contribution in [0.2, 0.25) is 0 Å². The van der Waals surface area contributed by atoms with E-state index in [-0.39, 0.29) is 51.9 Å². The van der Waals surface area contributed by atoms with Crippen LogP contribution in [0.4, 0.5) is 19.0 Å². The standard InChI is InChI=1S/C34H32F3N7O/c1-3-24-27(36)8-7-21-12-20(15-38)13-25(28(21)24)30-29(37)31-26(16-40-30)32(43(2)18-23-6-4-10-39-23)42-33(41-31)45-19-34-9-5-11-44(34)17-22(35)14-34/h1,7-8,12-13,16,22-23,39H,4-6,9-11,14,17-19H2,2H3/t22-,23-,34+/m1/s1. The molecule has 0 radical (unpaired) electrons. The second-order valence-corrected chi connectivity index (χ2v) is 12.4. The summed E-state index contributed by atoms with van der Waals surface area (Å²) < 4.78 is 52.2. The van der Waals surface area contributed by atoms with Crippen molar-refractivity contribution >= 4 is 27.5 Å². The van der Waals surface area contributed by atoms with Gasteiger partial charge in [-0.25, -0.2) is 13.2 Å². The molecule has 1 N–H and O–H groups in total. The van der Waals surface area contributed by atoms with Crippen LogP contribution in [0.15, 0.2) is 30.5 Å². The maximum absolute atomic E-state index is 16.8. The van der Waals surface area contributed by atoms with Gasteiger partial charge >= 0.3 is 6.01 Å². The molecule has 3 fully saturated rings. The minimum atomic E-state index is -0.921. The average Bonchev–Trinajstić information content (AvgIpc) is 3.76. The van der Waals surface area contributed by atoms with Gasteiger partial charge in [0.25, 0.3) is 0 Å². The van der Waals surface area contributed by atoms with Crippen LogP contribution >= 0.6 is 0 Å². The summed E-state index contributed by atoms with van der Waals surface area (Å²) in [5, 5.41) is 14.3. The Morgan fingerprint density at radius 1 is 1.24 bits per heavy atom. The van der Waals surface area contributed by atoms with Crippen LogP contribution in [0.1, 0.15) is 43.2 Å². The molecule has 8 nitrogen and oxygen atoms in total. The maximum atomic E-state index is 16.8. The third-order valence-electron chi connectivity index (χ3n) is 9.49. The summed E-state index contributed by atoms with van der Waals surface area (Å²) in [6.07, 6.45) is 10.5. The van der Waals surface area contributed by atoms with Crippen LogP contribution in [0.3, 0.4) is 0 Å². The Morgan fingerprint density at radius 3 is 2.89 bits per heavy atom. The molecule has 45 heavy (non-hydrogen) atoms. The molecule has 230 valence electrons. The molecule has 0 aliphatic carbocycles. The van der Waals surface area contributed by atoms with E-state index in [9.17, 15) is 14.0 Å². The molecule has 5 heterocycles. The first kappa shape index (κ1) is 29.3. The summed E-state index contributed by atoms with van der Waals surface area (Å²) in [5.74, 6) is 1.41. The summed E-state index contributed by atoms with van der Waals surface area (Å²) >= 11 is 0. The predicted octanol–water partition coefficient (Wildman–Crippen LogP) is 5.12. The number of ether oxygens (including phenoxy) is 1. The number of terminal acetylenes is 1. The van der Waals surface area contributed by atoms with Gasteiger partial charge in [-0.15, -0.1) is 6.42 Å². The summed E-state index contributed by atoms with van der Waals surface area (Å²) in [7, 11) is 1.88. The highest BCUT2D eigenvalue weighted by atomic mass is 19.1. The number of halogens is 3. The number of aromatic nitrogens is 3. The van der Waals surface area contributed by atoms with E-state index < -0.39 is 23.3 Å². The molecule has 0 bridgehead atoms. The Balaban J connectivity index is 1.37. The van der Waals surface area contributed by atoms with Crippen molar-refractivity contribution in [3.05, 3.63) is 53.2 Å². The van der Waals surface area contributed by atoms with Crippen molar-refractivity contribution in [3.63, 3.8) is 0 Å². The second kappa shape index (κ2) is 11.5. The Hall–Kier alpha value is -4.45. The van der Waals surface area contributed by atoms with E-state index in [4.69, 9.17) is 16.1 Å². The van der Waals surface area contributed by atoms with E-state index in [2.05, 4.69) is 32.2 Å². The van der Waals surface area contributed by atoms with Gasteiger partial charge in [0, 0.05) is 49.7 Å². The number of benzene rings is 2. The van der Waals surface area contributed by atoms with Crippen LogP contribution in [0.25, 0.3) is 32.9 Å². The lowest BCUT2D eigenvalue weighted by molar-refractivity contribution is 0.107. The zero-order chi connectivity index (χ0) is 31.3. The van der Waals surface area contributed by atoms with Crippen LogP contribution in [0, 0.1) is 35.3 Å². The van der Waals surface area contributed by atoms with E-state index in [1.165, 1.54) is 24.4 Å². The molecule has 3 aliphatic rings. The summed E-state index contributed by atoms with van der Waals surface area (Å²) in [6.45, 7) is 2.93. The first-order valence-electron chi connectivity index (χ1n) is 15.3. The fourth-order valence-corrected chi connectivity index (χ4v) is 7.38. The first-order chi connectivity index (χ1) is 21.8. The lowest BCUT2D eigenvalue weighted by Gasteiger charge is -2.31. The van der Waals surface area contributed by atoms with Gasteiger partial charge in [-0.1, -0.05) is 12.0 Å². The van der Waals surface area contributed by atoms with Crippen molar-refractivity contribution in [2.45, 2.75) is 49.9 Å². The van der Waals surface area contributed by atoms with E-state index >= 15 is 4.39 Å². The van der Waals surface area contributed by atoms with E-state index in [0.29, 0.717) is 36.1 Å². The number of hydrogen-bond donors (Lipinski definition) is 1. The highest BCUT2D eigenvalue weighted by Gasteiger charge is 2.49. The van der Waals surface area contributed by atoms with Crippen LogP contribution < -0.4 is 15.0 Å². The molecule has 7 rings (SSSR count). The minimum absolute atomic E-state index is 0.0192. The fourth-order valence-electron chi connectivity index (χ4n) is 7.38. The van der Waals surface area contributed by atoms with Gasteiger partial charge in [-0.2, -0.15) is 15.2 Å². The molecule has 3 atom stereocenters. The van der Waals surface area contributed by atoms with E-state index in [1.54, 1.807) is 6.07 Å². The number of hydrogen-bond acceptors (Lipinski definition) is 8. The number of fused-ring (bicyclic) bond motifs is 3. The van der Waals surface area contributed by atoms with Gasteiger partial charge in [0.05, 0.1) is 28.1 Å². The van der Waals surface area contributed by atoms with Crippen LogP contribution in [0.5, 0.6) is 6.01 Å². The third kappa shape index (κ3) is 5.10. The molecule has 11 heteroatoms. The molecule has 0 saturated carbocycles. The Labute approximate surface area is 259 Å². The minimum Gasteiger partial charge on any atom is -0.461 e. The van der Waals surface area contributed by atoms with Crippen molar-refractivity contribution in [3.8, 4) is 35.7 Å². The molecule has 0 spiro atoms. The topological polar surface area (TPSA) is 90.2 Å². The molecule has 3 aliphatic heterocycles. The molecule has 2 aromatic carbocycles. The number of likely N-dealkylation sites (N-methyl/N-ethyl adjacent to an activating group) is 1. The molecular weight excluding hydrogens is 579 g/mol. The van der Waals surface area contributed by atoms with Gasteiger partial charge in [0.1, 0.15) is 35.6 Å². The number of nitrogens with one attached hydrogen (secondary N) is 1. The number of nitrogens with zero attached hydrogens (tertiary/aromatic N) is 6. The van der Waals surface area contributed by atoms with Gasteiger partial charge in [-0.3, -0.25) is 9.88 Å². The largest absolute Gasteiger partial charge is 0.461 e. The van der Waals surface area contributed by atoms with Crippen molar-refractivity contribution < 1.29 is 17.9 Å². The zero-order valence-electron chi connectivity index (χ0n) is 24.9. The normalized spacial score (nSPS) is 22.9. The summed E-state index contributed by atoms with van der Waals surface area (Å²) in [6, 6.07) is 8.07. The molecule has 0 unspecified atom stereocenters. The monoisotopic (exact) mass is 611 g/mol. The number of alkyl halides is 1. The van der Waals surface area contributed by atoms with Gasteiger partial charge in [0.2, 0.25) is 0 Å². The number of nitriles is 1. The molecule has 0 amide bonds. The lowest BCUT2D eigenvalue weighted by Crippen LogP contribution is -2.43. The summed E-state index contributed by atoms with van der Waals surface area (Å²) in [4.78, 5) is 17.8. The molecular formula is C34H32F3N7O. The van der Waals surface area contributed by atoms with E-state index in [0.717, 1.165) is 38.8 Å². The fraction of sp³-hybridized carbons (Fsp3) is 0.412. The van der Waals surface area contributed by atoms with Crippen molar-refractivity contribution in [2.75, 3.05) is 44.7 Å². The molecule has 2 aromatic heterocycles. The Kier molecular flexibility index (Phi) is 7.47.